The first kappa shape index (κ1) is 24.0. The predicted molar refractivity (Wildman–Crippen MR) is 124 cm³/mol. The van der Waals surface area contributed by atoms with Crippen molar-refractivity contribution in [3.63, 3.8) is 0 Å². The van der Waals surface area contributed by atoms with Crippen LogP contribution in [0.3, 0.4) is 0 Å². The molecule has 1 saturated heterocycles. The van der Waals surface area contributed by atoms with Gasteiger partial charge in [0.15, 0.2) is 0 Å². The Kier molecular flexibility index (Phi) is 5.65. The zero-order valence-electron chi connectivity index (χ0n) is 19.9. The van der Waals surface area contributed by atoms with E-state index in [1.807, 2.05) is 35.7 Å². The molecule has 36 heavy (non-hydrogen) atoms. The second-order valence-electron chi connectivity index (χ2n) is 9.64. The third kappa shape index (κ3) is 4.04. The molecular weight excluding hydrogens is 473 g/mol. The summed E-state index contributed by atoms with van der Waals surface area (Å²) >= 11 is 0. The van der Waals surface area contributed by atoms with Gasteiger partial charge in [-0.1, -0.05) is 24.3 Å². The Bertz CT molecular complexity index is 1380. The van der Waals surface area contributed by atoms with Crippen LogP contribution in [0.25, 0.3) is 5.65 Å². The molecule has 1 aliphatic heterocycles. The molecule has 5 rings (SSSR count). The number of fused-ring (bicyclic) bond motifs is 1. The molecule has 1 saturated carbocycles. The van der Waals surface area contributed by atoms with Crippen molar-refractivity contribution >= 4 is 23.4 Å². The molecule has 2 aromatic heterocycles. The summed E-state index contributed by atoms with van der Waals surface area (Å²) in [7, 11) is 1.57. The van der Waals surface area contributed by atoms with Crippen molar-refractivity contribution < 1.29 is 27.6 Å². The molecule has 1 aromatic carbocycles. The van der Waals surface area contributed by atoms with E-state index in [0.717, 1.165) is 34.1 Å². The van der Waals surface area contributed by atoms with E-state index < -0.39 is 41.3 Å². The van der Waals surface area contributed by atoms with Crippen LogP contribution in [-0.2, 0) is 32.5 Å². The van der Waals surface area contributed by atoms with Gasteiger partial charge in [0.05, 0.1) is 28.9 Å². The number of imidazole rings is 1. The summed E-state index contributed by atoms with van der Waals surface area (Å²) in [5, 5.41) is 0. The molecule has 0 N–H and O–H groups in total. The molecule has 2 fully saturated rings. The number of nitrogens with zero attached hydrogens (tertiary/aromatic N) is 4. The highest BCUT2D eigenvalue weighted by atomic mass is 19.4. The van der Waals surface area contributed by atoms with Crippen LogP contribution in [0.15, 0.2) is 48.7 Å². The fraction of sp³-hybridized carbons (Fsp3) is 0.385. The first-order valence-corrected chi connectivity index (χ1v) is 11.7. The Balaban J connectivity index is 1.49. The van der Waals surface area contributed by atoms with Crippen molar-refractivity contribution in [3.05, 3.63) is 71.2 Å². The van der Waals surface area contributed by atoms with Gasteiger partial charge in [0.1, 0.15) is 5.65 Å². The summed E-state index contributed by atoms with van der Waals surface area (Å²) in [6, 6.07) is 9.72. The Hall–Kier alpha value is -3.69. The SMILES string of the molecule is Cc1nc2ccccn2c1CN(C)C(=O)C[C@]1(c2cccc(C(F)(F)F)c2)CC(=O)N(C2CC2)C1=O. The molecule has 0 bridgehead atoms. The maximum Gasteiger partial charge on any atom is 0.416 e. The molecule has 0 radical (unpaired) electrons. The first-order chi connectivity index (χ1) is 17.0. The van der Waals surface area contributed by atoms with Crippen molar-refractivity contribution in [1.82, 2.24) is 19.2 Å². The van der Waals surface area contributed by atoms with Crippen molar-refractivity contribution in [2.75, 3.05) is 7.05 Å². The van der Waals surface area contributed by atoms with Crippen LogP contribution in [0.4, 0.5) is 13.2 Å². The number of aryl methyl sites for hydroxylation is 1. The van der Waals surface area contributed by atoms with E-state index >= 15 is 0 Å². The zero-order chi connectivity index (χ0) is 25.8. The number of hydrogen-bond acceptors (Lipinski definition) is 4. The van der Waals surface area contributed by atoms with Gasteiger partial charge >= 0.3 is 6.18 Å². The molecule has 7 nitrogen and oxygen atoms in total. The van der Waals surface area contributed by atoms with E-state index in [0.29, 0.717) is 12.8 Å². The second-order valence-corrected chi connectivity index (χ2v) is 9.64. The zero-order valence-corrected chi connectivity index (χ0v) is 19.9. The maximum atomic E-state index is 13.6. The van der Waals surface area contributed by atoms with Gasteiger partial charge in [0.25, 0.3) is 0 Å². The van der Waals surface area contributed by atoms with E-state index in [2.05, 4.69) is 4.98 Å². The topological polar surface area (TPSA) is 75.0 Å². The highest BCUT2D eigenvalue weighted by Gasteiger charge is 2.57. The lowest BCUT2D eigenvalue weighted by Crippen LogP contribution is -2.43. The number of hydrogen-bond donors (Lipinski definition) is 0. The summed E-state index contributed by atoms with van der Waals surface area (Å²) in [5.74, 6) is -1.49. The number of alkyl halides is 3. The number of imide groups is 1. The van der Waals surface area contributed by atoms with Crippen LogP contribution in [-0.4, -0.2) is 50.0 Å². The summed E-state index contributed by atoms with van der Waals surface area (Å²) in [6.07, 6.45) is -2.21. The fourth-order valence-corrected chi connectivity index (χ4v) is 4.98. The van der Waals surface area contributed by atoms with Gasteiger partial charge in [-0.2, -0.15) is 13.2 Å². The van der Waals surface area contributed by atoms with Gasteiger partial charge in [-0.05, 0) is 43.5 Å². The Morgan fingerprint density at radius 1 is 1.17 bits per heavy atom. The van der Waals surface area contributed by atoms with Crippen LogP contribution in [0.1, 0.15) is 48.2 Å². The minimum atomic E-state index is -4.62. The second kappa shape index (κ2) is 8.46. The highest BCUT2D eigenvalue weighted by molar-refractivity contribution is 6.11. The number of carbonyl (C=O) groups excluding carboxylic acids is 3. The van der Waals surface area contributed by atoms with Gasteiger partial charge in [0, 0.05) is 32.1 Å². The lowest BCUT2D eigenvalue weighted by atomic mass is 9.75. The molecule has 0 spiro atoms. The van der Waals surface area contributed by atoms with Gasteiger partial charge in [-0.15, -0.1) is 0 Å². The number of halogens is 3. The number of likely N-dealkylation sites (tertiary alicyclic amines) is 1. The van der Waals surface area contributed by atoms with E-state index in [-0.39, 0.29) is 24.6 Å². The first-order valence-electron chi connectivity index (χ1n) is 11.7. The number of pyridine rings is 1. The standard InChI is InChI=1S/C26H25F3N4O3/c1-16-20(32-11-4-3-8-21(32)30-16)15-31(2)22(34)13-25(14-23(35)33(24(25)36)19-9-10-19)17-6-5-7-18(12-17)26(27,28)29/h3-8,11-12,19H,9-10,13-15H2,1-2H3/t25-/m1/s1. The maximum absolute atomic E-state index is 13.6. The van der Waals surface area contributed by atoms with E-state index in [1.165, 1.54) is 17.0 Å². The molecule has 3 amide bonds. The summed E-state index contributed by atoms with van der Waals surface area (Å²) in [4.78, 5) is 47.1. The van der Waals surface area contributed by atoms with Crippen LogP contribution >= 0.6 is 0 Å². The van der Waals surface area contributed by atoms with Gasteiger partial charge in [-0.25, -0.2) is 4.98 Å². The molecule has 2 aliphatic rings. The average Bonchev–Trinajstić information content (AvgIpc) is 3.56. The molecule has 3 heterocycles. The fourth-order valence-electron chi connectivity index (χ4n) is 4.98. The largest absolute Gasteiger partial charge is 0.416 e. The number of carbonyl (C=O) groups is 3. The van der Waals surface area contributed by atoms with Gasteiger partial charge in [-0.3, -0.25) is 19.3 Å². The quantitative estimate of drug-likeness (QED) is 0.484. The summed E-state index contributed by atoms with van der Waals surface area (Å²) in [5.41, 5.74) is -0.328. The van der Waals surface area contributed by atoms with Crippen LogP contribution in [0.5, 0.6) is 0 Å². The number of aromatic nitrogens is 2. The molecule has 1 aliphatic carbocycles. The molecule has 188 valence electrons. The third-order valence-corrected chi connectivity index (χ3v) is 7.10. The van der Waals surface area contributed by atoms with Crippen LogP contribution in [0.2, 0.25) is 0 Å². The number of rotatable bonds is 6. The Labute approximate surface area is 205 Å². The third-order valence-electron chi connectivity index (χ3n) is 7.10. The van der Waals surface area contributed by atoms with Crippen molar-refractivity contribution in [2.45, 2.75) is 56.8 Å². The minimum absolute atomic E-state index is 0.0339. The van der Waals surface area contributed by atoms with E-state index in [4.69, 9.17) is 0 Å². The molecule has 1 atom stereocenters. The van der Waals surface area contributed by atoms with Crippen molar-refractivity contribution in [1.29, 1.82) is 0 Å². The smallest absolute Gasteiger partial charge is 0.340 e. The highest BCUT2D eigenvalue weighted by Crippen LogP contribution is 2.45. The Morgan fingerprint density at radius 3 is 2.61 bits per heavy atom. The summed E-state index contributed by atoms with van der Waals surface area (Å²) < 4.78 is 42.3. The van der Waals surface area contributed by atoms with Gasteiger partial charge < -0.3 is 9.30 Å². The number of amides is 3. The lowest BCUT2D eigenvalue weighted by Gasteiger charge is -2.30. The van der Waals surface area contributed by atoms with Crippen molar-refractivity contribution in [3.8, 4) is 0 Å². The number of benzene rings is 1. The predicted octanol–water partition coefficient (Wildman–Crippen LogP) is 3.87. The summed E-state index contributed by atoms with van der Waals surface area (Å²) in [6.45, 7) is 2.01. The minimum Gasteiger partial charge on any atom is -0.340 e. The normalized spacial score (nSPS) is 20.4. The monoisotopic (exact) mass is 498 g/mol. The van der Waals surface area contributed by atoms with Gasteiger partial charge in [0.2, 0.25) is 17.7 Å². The van der Waals surface area contributed by atoms with E-state index in [1.54, 1.807) is 7.05 Å². The molecular formula is C26H25F3N4O3. The van der Waals surface area contributed by atoms with Crippen LogP contribution < -0.4 is 0 Å². The van der Waals surface area contributed by atoms with Crippen LogP contribution in [0, 0.1) is 6.92 Å². The average molecular weight is 499 g/mol. The van der Waals surface area contributed by atoms with E-state index in [9.17, 15) is 27.6 Å². The molecule has 3 aromatic rings. The molecule has 10 heteroatoms. The van der Waals surface area contributed by atoms with Crippen molar-refractivity contribution in [2.24, 2.45) is 0 Å². The Morgan fingerprint density at radius 2 is 1.92 bits per heavy atom. The lowest BCUT2D eigenvalue weighted by molar-refractivity contribution is -0.143. The molecule has 0 unspecified atom stereocenters.